The number of amides is 1. The maximum atomic E-state index is 12.4. The van der Waals surface area contributed by atoms with E-state index in [0.29, 0.717) is 0 Å². The molecule has 130 valence electrons. The second-order valence-corrected chi connectivity index (χ2v) is 5.80. The van der Waals surface area contributed by atoms with Crippen LogP contribution in [0.15, 0.2) is 42.7 Å². The standard InChI is InChI=1S/C18H21N3O.2ClH/c1-13-4-5-15(14-6-9-19-10-7-14)11-17(13)21-18(22)16-3-2-8-20-12-16;;/h4-7,9-11,16,20H,2-3,8,12H2,1H3,(H,21,22);2*1H. The number of benzene rings is 1. The van der Waals surface area contributed by atoms with Gasteiger partial charge in [-0.1, -0.05) is 12.1 Å². The monoisotopic (exact) mass is 367 g/mol. The third kappa shape index (κ3) is 4.94. The number of rotatable bonds is 3. The van der Waals surface area contributed by atoms with Crippen LogP contribution in [0.3, 0.4) is 0 Å². The molecule has 4 nitrogen and oxygen atoms in total. The van der Waals surface area contributed by atoms with Crippen LogP contribution < -0.4 is 10.6 Å². The summed E-state index contributed by atoms with van der Waals surface area (Å²) >= 11 is 0. The summed E-state index contributed by atoms with van der Waals surface area (Å²) < 4.78 is 0. The van der Waals surface area contributed by atoms with Crippen molar-refractivity contribution in [3.8, 4) is 11.1 Å². The summed E-state index contributed by atoms with van der Waals surface area (Å²) in [5, 5.41) is 6.38. The Hall–Kier alpha value is -1.62. The van der Waals surface area contributed by atoms with Crippen LogP contribution in [0.5, 0.6) is 0 Å². The Morgan fingerprint density at radius 1 is 1.17 bits per heavy atom. The van der Waals surface area contributed by atoms with E-state index >= 15 is 0 Å². The van der Waals surface area contributed by atoms with Crippen molar-refractivity contribution in [3.05, 3.63) is 48.3 Å². The quantitative estimate of drug-likeness (QED) is 0.866. The lowest BCUT2D eigenvalue weighted by Gasteiger charge is -2.22. The summed E-state index contributed by atoms with van der Waals surface area (Å²) in [6.07, 6.45) is 5.58. The molecule has 1 atom stereocenters. The summed E-state index contributed by atoms with van der Waals surface area (Å²) in [7, 11) is 0. The van der Waals surface area contributed by atoms with Gasteiger partial charge in [0.05, 0.1) is 5.92 Å². The summed E-state index contributed by atoms with van der Waals surface area (Å²) in [6, 6.07) is 10.1. The minimum Gasteiger partial charge on any atom is -0.326 e. The van der Waals surface area contributed by atoms with E-state index in [1.165, 1.54) is 0 Å². The molecular formula is C18H23Cl2N3O. The average molecular weight is 368 g/mol. The van der Waals surface area contributed by atoms with Crippen molar-refractivity contribution in [3.63, 3.8) is 0 Å². The molecule has 0 saturated carbocycles. The molecule has 1 saturated heterocycles. The van der Waals surface area contributed by atoms with Crippen LogP contribution in [0.25, 0.3) is 11.1 Å². The number of piperidine rings is 1. The van der Waals surface area contributed by atoms with Gasteiger partial charge in [-0.25, -0.2) is 0 Å². The summed E-state index contributed by atoms with van der Waals surface area (Å²) in [5.41, 5.74) is 4.16. The zero-order valence-corrected chi connectivity index (χ0v) is 15.3. The fourth-order valence-electron chi connectivity index (χ4n) is 2.79. The lowest BCUT2D eigenvalue weighted by molar-refractivity contribution is -0.120. The van der Waals surface area contributed by atoms with E-state index in [4.69, 9.17) is 0 Å². The third-order valence-electron chi connectivity index (χ3n) is 4.18. The van der Waals surface area contributed by atoms with Gasteiger partial charge in [-0.3, -0.25) is 9.78 Å². The molecule has 1 aromatic heterocycles. The molecule has 1 aliphatic rings. The number of aryl methyl sites for hydroxylation is 1. The van der Waals surface area contributed by atoms with Crippen molar-refractivity contribution in [2.45, 2.75) is 19.8 Å². The van der Waals surface area contributed by atoms with Gasteiger partial charge in [-0.2, -0.15) is 0 Å². The molecule has 0 spiro atoms. The summed E-state index contributed by atoms with van der Waals surface area (Å²) in [5.74, 6) is 0.180. The number of aromatic nitrogens is 1. The van der Waals surface area contributed by atoms with Crippen LogP contribution in [-0.2, 0) is 4.79 Å². The molecule has 3 rings (SSSR count). The zero-order valence-electron chi connectivity index (χ0n) is 13.6. The van der Waals surface area contributed by atoms with Crippen LogP contribution in [-0.4, -0.2) is 24.0 Å². The fourth-order valence-corrected chi connectivity index (χ4v) is 2.79. The van der Waals surface area contributed by atoms with Gasteiger partial charge in [0.25, 0.3) is 0 Å². The molecule has 0 aliphatic carbocycles. The maximum absolute atomic E-state index is 12.4. The third-order valence-corrected chi connectivity index (χ3v) is 4.18. The number of anilines is 1. The van der Waals surface area contributed by atoms with Crippen molar-refractivity contribution >= 4 is 36.4 Å². The minimum absolute atomic E-state index is 0. The summed E-state index contributed by atoms with van der Waals surface area (Å²) in [4.78, 5) is 16.5. The molecule has 1 aliphatic heterocycles. The SMILES string of the molecule is Cc1ccc(-c2ccncc2)cc1NC(=O)C1CCCNC1.Cl.Cl. The van der Waals surface area contributed by atoms with Gasteiger partial charge < -0.3 is 10.6 Å². The van der Waals surface area contributed by atoms with Crippen LogP contribution in [0.1, 0.15) is 18.4 Å². The van der Waals surface area contributed by atoms with Crippen LogP contribution in [0, 0.1) is 12.8 Å². The van der Waals surface area contributed by atoms with Gasteiger partial charge in [0.2, 0.25) is 5.91 Å². The van der Waals surface area contributed by atoms with E-state index in [1.54, 1.807) is 12.4 Å². The van der Waals surface area contributed by atoms with Crippen molar-refractivity contribution in [2.24, 2.45) is 5.92 Å². The first-order valence-corrected chi connectivity index (χ1v) is 7.76. The molecule has 24 heavy (non-hydrogen) atoms. The highest BCUT2D eigenvalue weighted by atomic mass is 35.5. The first-order valence-electron chi connectivity index (χ1n) is 7.76. The number of pyridine rings is 1. The molecule has 2 aromatic rings. The average Bonchev–Trinajstić information content (AvgIpc) is 2.58. The lowest BCUT2D eigenvalue weighted by atomic mass is 9.98. The first-order chi connectivity index (χ1) is 10.7. The zero-order chi connectivity index (χ0) is 15.4. The van der Waals surface area contributed by atoms with Gasteiger partial charge in [0, 0.05) is 24.6 Å². The molecule has 0 radical (unpaired) electrons. The van der Waals surface area contributed by atoms with E-state index in [0.717, 1.165) is 48.3 Å². The second-order valence-electron chi connectivity index (χ2n) is 5.80. The molecule has 1 fully saturated rings. The number of nitrogens with one attached hydrogen (secondary N) is 2. The molecule has 2 heterocycles. The largest absolute Gasteiger partial charge is 0.326 e. The predicted molar refractivity (Wildman–Crippen MR) is 103 cm³/mol. The Morgan fingerprint density at radius 3 is 2.58 bits per heavy atom. The van der Waals surface area contributed by atoms with E-state index in [2.05, 4.69) is 21.7 Å². The van der Waals surface area contributed by atoms with Gasteiger partial charge in [-0.05, 0) is 61.2 Å². The Kier molecular flexibility index (Phi) is 8.19. The van der Waals surface area contributed by atoms with Crippen LogP contribution in [0.2, 0.25) is 0 Å². The molecule has 2 N–H and O–H groups in total. The highest BCUT2D eigenvalue weighted by molar-refractivity contribution is 5.94. The highest BCUT2D eigenvalue weighted by Gasteiger charge is 2.21. The maximum Gasteiger partial charge on any atom is 0.228 e. The normalized spacial score (nSPS) is 16.5. The Morgan fingerprint density at radius 2 is 1.92 bits per heavy atom. The van der Waals surface area contributed by atoms with Crippen molar-refractivity contribution in [1.29, 1.82) is 0 Å². The minimum atomic E-state index is 0. The van der Waals surface area contributed by atoms with Crippen LogP contribution in [0.4, 0.5) is 5.69 Å². The summed E-state index contributed by atoms with van der Waals surface area (Å²) in [6.45, 7) is 3.81. The van der Waals surface area contributed by atoms with Gasteiger partial charge in [-0.15, -0.1) is 24.8 Å². The molecule has 6 heteroatoms. The van der Waals surface area contributed by atoms with Gasteiger partial charge >= 0.3 is 0 Å². The fraction of sp³-hybridized carbons (Fsp3) is 0.333. The Bertz CT molecular complexity index is 659. The topological polar surface area (TPSA) is 54.0 Å². The number of hydrogen-bond donors (Lipinski definition) is 2. The molecule has 1 aromatic carbocycles. The van der Waals surface area contributed by atoms with E-state index in [1.807, 2.05) is 31.2 Å². The van der Waals surface area contributed by atoms with Crippen LogP contribution >= 0.6 is 24.8 Å². The number of carbonyl (C=O) groups is 1. The van der Waals surface area contributed by atoms with Crippen molar-refractivity contribution < 1.29 is 4.79 Å². The van der Waals surface area contributed by atoms with E-state index in [9.17, 15) is 4.79 Å². The Balaban J connectivity index is 0.00000144. The second kappa shape index (κ2) is 9.62. The predicted octanol–water partition coefficient (Wildman–Crippen LogP) is 3.84. The van der Waals surface area contributed by atoms with Gasteiger partial charge in [0.1, 0.15) is 0 Å². The molecule has 1 amide bonds. The molecule has 0 bridgehead atoms. The van der Waals surface area contributed by atoms with Gasteiger partial charge in [0.15, 0.2) is 0 Å². The van der Waals surface area contributed by atoms with Crippen molar-refractivity contribution in [2.75, 3.05) is 18.4 Å². The Labute approximate surface area is 155 Å². The molecule has 1 unspecified atom stereocenters. The number of halogens is 2. The number of hydrogen-bond acceptors (Lipinski definition) is 3. The van der Waals surface area contributed by atoms with E-state index < -0.39 is 0 Å². The van der Waals surface area contributed by atoms with E-state index in [-0.39, 0.29) is 36.6 Å². The number of carbonyl (C=O) groups excluding carboxylic acids is 1. The van der Waals surface area contributed by atoms with Crippen molar-refractivity contribution in [1.82, 2.24) is 10.3 Å². The first kappa shape index (κ1) is 20.4. The lowest BCUT2D eigenvalue weighted by Crippen LogP contribution is -2.37. The molecular weight excluding hydrogens is 345 g/mol. The highest BCUT2D eigenvalue weighted by Crippen LogP contribution is 2.25. The number of nitrogens with zero attached hydrogens (tertiary/aromatic N) is 1. The smallest absolute Gasteiger partial charge is 0.228 e.